The van der Waals surface area contributed by atoms with E-state index in [1.54, 1.807) is 12.1 Å². The third-order valence-electron chi connectivity index (χ3n) is 3.00. The Morgan fingerprint density at radius 1 is 1.11 bits per heavy atom. The number of rotatable bonds is 4. The van der Waals surface area contributed by atoms with E-state index in [1.807, 2.05) is 31.3 Å². The molecule has 0 saturated carbocycles. The van der Waals surface area contributed by atoms with Gasteiger partial charge in [-0.3, -0.25) is 0 Å². The third-order valence-corrected chi connectivity index (χ3v) is 3.53. The average Bonchev–Trinajstić information content (AvgIpc) is 2.43. The van der Waals surface area contributed by atoms with E-state index in [0.29, 0.717) is 0 Å². The summed E-state index contributed by atoms with van der Waals surface area (Å²) in [5, 5.41) is 3.23. The fraction of sp³-hybridized carbons (Fsp3) is 0.200. The Kier molecular flexibility index (Phi) is 4.56. The highest BCUT2D eigenvalue weighted by Crippen LogP contribution is 2.27. The molecule has 1 N–H and O–H groups in total. The van der Waals surface area contributed by atoms with E-state index in [1.165, 1.54) is 13.2 Å². The van der Waals surface area contributed by atoms with Crippen LogP contribution in [0.1, 0.15) is 17.2 Å². The topological polar surface area (TPSA) is 21.3 Å². The maximum atomic E-state index is 13.4. The molecule has 2 aromatic rings. The van der Waals surface area contributed by atoms with Crippen molar-refractivity contribution in [3.8, 4) is 5.75 Å². The maximum absolute atomic E-state index is 13.4. The van der Waals surface area contributed by atoms with E-state index in [4.69, 9.17) is 4.74 Å². The lowest BCUT2D eigenvalue weighted by Gasteiger charge is -2.18. The van der Waals surface area contributed by atoms with Gasteiger partial charge in [-0.1, -0.05) is 34.1 Å². The van der Waals surface area contributed by atoms with Crippen molar-refractivity contribution in [1.82, 2.24) is 5.32 Å². The Morgan fingerprint density at radius 3 is 2.32 bits per heavy atom. The third kappa shape index (κ3) is 3.14. The molecule has 100 valence electrons. The van der Waals surface area contributed by atoms with E-state index in [2.05, 4.69) is 21.2 Å². The molecule has 0 amide bonds. The number of ether oxygens (including phenoxy) is 1. The second-order valence-corrected chi connectivity index (χ2v) is 5.08. The van der Waals surface area contributed by atoms with Gasteiger partial charge in [0.05, 0.1) is 13.2 Å². The molecule has 0 aromatic heterocycles. The predicted octanol–water partition coefficient (Wildman–Crippen LogP) is 3.91. The monoisotopic (exact) mass is 323 g/mol. The molecular weight excluding hydrogens is 309 g/mol. The largest absolute Gasteiger partial charge is 0.494 e. The van der Waals surface area contributed by atoms with Crippen molar-refractivity contribution in [2.75, 3.05) is 14.2 Å². The SMILES string of the molecule is CNC(c1ccc(Br)cc1)c1ccc(F)c(OC)c1. The van der Waals surface area contributed by atoms with Crippen LogP contribution in [0.25, 0.3) is 0 Å². The molecular formula is C15H15BrFNO. The molecule has 0 heterocycles. The first-order valence-electron chi connectivity index (χ1n) is 5.92. The minimum absolute atomic E-state index is 0.00241. The minimum Gasteiger partial charge on any atom is -0.494 e. The summed E-state index contributed by atoms with van der Waals surface area (Å²) in [5.41, 5.74) is 2.07. The molecule has 4 heteroatoms. The maximum Gasteiger partial charge on any atom is 0.165 e. The number of hydrogen-bond donors (Lipinski definition) is 1. The highest BCUT2D eigenvalue weighted by atomic mass is 79.9. The van der Waals surface area contributed by atoms with Crippen LogP contribution < -0.4 is 10.1 Å². The summed E-state index contributed by atoms with van der Waals surface area (Å²) in [6.07, 6.45) is 0. The van der Waals surface area contributed by atoms with E-state index < -0.39 is 0 Å². The molecule has 0 saturated heterocycles. The van der Waals surface area contributed by atoms with Crippen LogP contribution in [0.15, 0.2) is 46.9 Å². The number of halogens is 2. The van der Waals surface area contributed by atoms with Gasteiger partial charge in [-0.25, -0.2) is 4.39 Å². The summed E-state index contributed by atoms with van der Waals surface area (Å²) in [6, 6.07) is 12.9. The average molecular weight is 324 g/mol. The molecule has 0 aliphatic heterocycles. The second-order valence-electron chi connectivity index (χ2n) is 4.17. The zero-order valence-electron chi connectivity index (χ0n) is 10.8. The number of methoxy groups -OCH3 is 1. The fourth-order valence-electron chi connectivity index (χ4n) is 2.04. The molecule has 0 aliphatic carbocycles. The van der Waals surface area contributed by atoms with Gasteiger partial charge in [0.15, 0.2) is 11.6 Å². The van der Waals surface area contributed by atoms with Gasteiger partial charge in [-0.15, -0.1) is 0 Å². The number of hydrogen-bond acceptors (Lipinski definition) is 2. The van der Waals surface area contributed by atoms with Crippen LogP contribution in [0.4, 0.5) is 4.39 Å². The lowest BCUT2D eigenvalue weighted by atomic mass is 9.98. The van der Waals surface area contributed by atoms with Gasteiger partial charge in [0.1, 0.15) is 0 Å². The van der Waals surface area contributed by atoms with Crippen LogP contribution in [-0.2, 0) is 0 Å². The molecule has 2 nitrogen and oxygen atoms in total. The summed E-state index contributed by atoms with van der Waals surface area (Å²) in [4.78, 5) is 0. The Hall–Kier alpha value is -1.39. The van der Waals surface area contributed by atoms with Gasteiger partial charge in [-0.05, 0) is 42.4 Å². The molecule has 0 radical (unpaired) electrons. The molecule has 1 atom stereocenters. The molecule has 2 aromatic carbocycles. The Bertz CT molecular complexity index is 557. The summed E-state index contributed by atoms with van der Waals surface area (Å²) in [5.74, 6) is -0.0910. The minimum atomic E-state index is -0.350. The first kappa shape index (κ1) is 14.0. The first-order valence-corrected chi connectivity index (χ1v) is 6.71. The molecule has 0 aliphatic rings. The predicted molar refractivity (Wildman–Crippen MR) is 78.0 cm³/mol. The molecule has 0 fully saturated rings. The summed E-state index contributed by atoms with van der Waals surface area (Å²) in [7, 11) is 3.35. The lowest BCUT2D eigenvalue weighted by molar-refractivity contribution is 0.385. The van der Waals surface area contributed by atoms with Gasteiger partial charge in [-0.2, -0.15) is 0 Å². The Labute approximate surface area is 120 Å². The van der Waals surface area contributed by atoms with Crippen LogP contribution in [0.3, 0.4) is 0 Å². The van der Waals surface area contributed by atoms with Crippen molar-refractivity contribution in [3.63, 3.8) is 0 Å². The molecule has 2 rings (SSSR count). The molecule has 0 spiro atoms. The van der Waals surface area contributed by atoms with Crippen LogP contribution in [-0.4, -0.2) is 14.2 Å². The number of nitrogens with one attached hydrogen (secondary N) is 1. The zero-order valence-corrected chi connectivity index (χ0v) is 12.4. The van der Waals surface area contributed by atoms with Gasteiger partial charge < -0.3 is 10.1 Å². The first-order chi connectivity index (χ1) is 9.15. The standard InChI is InChI=1S/C15H15BrFNO/c1-18-15(10-3-6-12(16)7-4-10)11-5-8-13(17)14(9-11)19-2/h3-9,15,18H,1-2H3. The Morgan fingerprint density at radius 2 is 1.74 bits per heavy atom. The van der Waals surface area contributed by atoms with Crippen LogP contribution >= 0.6 is 15.9 Å². The second kappa shape index (κ2) is 6.17. The van der Waals surface area contributed by atoms with Crippen molar-refractivity contribution in [3.05, 3.63) is 63.9 Å². The number of benzene rings is 2. The highest BCUT2D eigenvalue weighted by molar-refractivity contribution is 9.10. The molecule has 1 unspecified atom stereocenters. The zero-order chi connectivity index (χ0) is 13.8. The summed E-state index contributed by atoms with van der Waals surface area (Å²) < 4.78 is 19.5. The van der Waals surface area contributed by atoms with Gasteiger partial charge in [0.25, 0.3) is 0 Å². The highest BCUT2D eigenvalue weighted by Gasteiger charge is 2.14. The van der Waals surface area contributed by atoms with E-state index >= 15 is 0 Å². The van der Waals surface area contributed by atoms with E-state index in [0.717, 1.165) is 15.6 Å². The molecule has 19 heavy (non-hydrogen) atoms. The van der Waals surface area contributed by atoms with Crippen molar-refractivity contribution < 1.29 is 9.13 Å². The van der Waals surface area contributed by atoms with Crippen molar-refractivity contribution in [2.24, 2.45) is 0 Å². The quantitative estimate of drug-likeness (QED) is 0.921. The lowest BCUT2D eigenvalue weighted by Crippen LogP contribution is -2.17. The van der Waals surface area contributed by atoms with Gasteiger partial charge in [0, 0.05) is 4.47 Å². The van der Waals surface area contributed by atoms with E-state index in [-0.39, 0.29) is 17.6 Å². The smallest absolute Gasteiger partial charge is 0.165 e. The van der Waals surface area contributed by atoms with Crippen LogP contribution in [0.5, 0.6) is 5.75 Å². The Balaban J connectivity index is 2.39. The van der Waals surface area contributed by atoms with Gasteiger partial charge >= 0.3 is 0 Å². The van der Waals surface area contributed by atoms with Crippen LogP contribution in [0, 0.1) is 5.82 Å². The summed E-state index contributed by atoms with van der Waals surface area (Å²) in [6.45, 7) is 0. The van der Waals surface area contributed by atoms with E-state index in [9.17, 15) is 4.39 Å². The summed E-state index contributed by atoms with van der Waals surface area (Å²) >= 11 is 3.42. The fourth-order valence-corrected chi connectivity index (χ4v) is 2.30. The molecule has 0 bridgehead atoms. The van der Waals surface area contributed by atoms with Crippen molar-refractivity contribution in [2.45, 2.75) is 6.04 Å². The van der Waals surface area contributed by atoms with Gasteiger partial charge in [0.2, 0.25) is 0 Å². The van der Waals surface area contributed by atoms with Crippen molar-refractivity contribution >= 4 is 15.9 Å². The van der Waals surface area contributed by atoms with Crippen LogP contribution in [0.2, 0.25) is 0 Å². The normalized spacial score (nSPS) is 12.2. The van der Waals surface area contributed by atoms with Crippen molar-refractivity contribution in [1.29, 1.82) is 0 Å².